The fraction of sp³-hybridized carbons (Fsp3) is 0.714. The molecule has 0 spiro atoms. The fourth-order valence-electron chi connectivity index (χ4n) is 1.21. The maximum atomic E-state index is 11.0. The second kappa shape index (κ2) is 2.22. The first-order valence-electron chi connectivity index (χ1n) is 3.48. The first-order chi connectivity index (χ1) is 4.98. The van der Waals surface area contributed by atoms with Crippen molar-refractivity contribution in [2.75, 3.05) is 7.05 Å². The first kappa shape index (κ1) is 8.04. The summed E-state index contributed by atoms with van der Waals surface area (Å²) in [5.41, 5.74) is -0.975. The number of amides is 1. The molecule has 0 saturated carbocycles. The number of likely N-dealkylation sites (tertiary alicyclic amines) is 1. The van der Waals surface area contributed by atoms with Crippen molar-refractivity contribution in [1.82, 2.24) is 4.90 Å². The Labute approximate surface area is 64.8 Å². The molecule has 0 aliphatic carbocycles. The summed E-state index contributed by atoms with van der Waals surface area (Å²) in [4.78, 5) is 22.9. The van der Waals surface area contributed by atoms with Crippen molar-refractivity contribution in [3.8, 4) is 0 Å². The number of aliphatic carboxylic acids is 1. The Kier molecular flexibility index (Phi) is 1.62. The van der Waals surface area contributed by atoms with Crippen LogP contribution in [0.25, 0.3) is 0 Å². The lowest BCUT2D eigenvalue weighted by Gasteiger charge is -2.26. The first-order valence-corrected chi connectivity index (χ1v) is 3.48. The zero-order valence-corrected chi connectivity index (χ0v) is 6.63. The Balaban J connectivity index is 2.89. The Morgan fingerprint density at radius 3 is 2.45 bits per heavy atom. The molecule has 0 bridgehead atoms. The molecule has 4 heteroatoms. The molecule has 11 heavy (non-hydrogen) atoms. The second-order valence-electron chi connectivity index (χ2n) is 3.03. The maximum Gasteiger partial charge on any atom is 0.329 e. The molecule has 1 fully saturated rings. The van der Waals surface area contributed by atoms with Crippen LogP contribution in [0.1, 0.15) is 19.8 Å². The topological polar surface area (TPSA) is 57.6 Å². The summed E-state index contributed by atoms with van der Waals surface area (Å²) in [7, 11) is 1.53. The van der Waals surface area contributed by atoms with E-state index in [-0.39, 0.29) is 5.91 Å². The number of hydrogen-bond acceptors (Lipinski definition) is 2. The summed E-state index contributed by atoms with van der Waals surface area (Å²) in [6, 6.07) is 0. The number of carboxylic acid groups (broad SMARTS) is 1. The molecule has 0 radical (unpaired) electrons. The van der Waals surface area contributed by atoms with Crippen LogP contribution >= 0.6 is 0 Å². The Morgan fingerprint density at radius 2 is 2.27 bits per heavy atom. The van der Waals surface area contributed by atoms with Crippen LogP contribution in [0.3, 0.4) is 0 Å². The van der Waals surface area contributed by atoms with Gasteiger partial charge < -0.3 is 10.0 Å². The van der Waals surface area contributed by atoms with E-state index in [9.17, 15) is 9.59 Å². The molecule has 1 N–H and O–H groups in total. The van der Waals surface area contributed by atoms with Crippen LogP contribution in [0.2, 0.25) is 0 Å². The van der Waals surface area contributed by atoms with Gasteiger partial charge in [-0.15, -0.1) is 0 Å². The number of nitrogens with zero attached hydrogens (tertiary/aromatic N) is 1. The fourth-order valence-corrected chi connectivity index (χ4v) is 1.21. The van der Waals surface area contributed by atoms with Crippen molar-refractivity contribution in [2.45, 2.75) is 25.3 Å². The average molecular weight is 157 g/mol. The van der Waals surface area contributed by atoms with E-state index in [1.54, 1.807) is 6.92 Å². The van der Waals surface area contributed by atoms with E-state index in [4.69, 9.17) is 5.11 Å². The van der Waals surface area contributed by atoms with Crippen LogP contribution in [0, 0.1) is 0 Å². The van der Waals surface area contributed by atoms with E-state index < -0.39 is 11.5 Å². The highest BCUT2D eigenvalue weighted by molar-refractivity contribution is 5.90. The van der Waals surface area contributed by atoms with Crippen LogP contribution < -0.4 is 0 Å². The van der Waals surface area contributed by atoms with Crippen LogP contribution in [0.4, 0.5) is 0 Å². The molecule has 0 aromatic carbocycles. The van der Waals surface area contributed by atoms with Crippen molar-refractivity contribution in [3.63, 3.8) is 0 Å². The van der Waals surface area contributed by atoms with Crippen LogP contribution in [-0.2, 0) is 9.59 Å². The molecule has 1 amide bonds. The van der Waals surface area contributed by atoms with E-state index in [1.807, 2.05) is 0 Å². The van der Waals surface area contributed by atoms with E-state index >= 15 is 0 Å². The summed E-state index contributed by atoms with van der Waals surface area (Å²) in [5.74, 6) is -1.01. The predicted molar refractivity (Wildman–Crippen MR) is 38.0 cm³/mol. The zero-order chi connectivity index (χ0) is 8.65. The van der Waals surface area contributed by atoms with E-state index in [0.29, 0.717) is 12.8 Å². The average Bonchev–Trinajstić information content (AvgIpc) is 2.18. The molecular formula is C7H11NO3. The van der Waals surface area contributed by atoms with Gasteiger partial charge in [-0.25, -0.2) is 4.79 Å². The van der Waals surface area contributed by atoms with Gasteiger partial charge in [0.05, 0.1) is 0 Å². The molecular weight excluding hydrogens is 146 g/mol. The minimum atomic E-state index is -0.975. The number of likely N-dealkylation sites (N-methyl/N-ethyl adjacent to an activating group) is 1. The lowest BCUT2D eigenvalue weighted by molar-refractivity contribution is -0.151. The molecule has 1 heterocycles. The van der Waals surface area contributed by atoms with E-state index in [0.717, 1.165) is 0 Å². The van der Waals surface area contributed by atoms with Crippen molar-refractivity contribution in [2.24, 2.45) is 0 Å². The second-order valence-corrected chi connectivity index (χ2v) is 3.03. The molecule has 1 atom stereocenters. The van der Waals surface area contributed by atoms with Gasteiger partial charge in [0, 0.05) is 13.5 Å². The number of carbonyl (C=O) groups is 2. The van der Waals surface area contributed by atoms with Gasteiger partial charge in [0.1, 0.15) is 5.54 Å². The molecule has 1 rings (SSSR count). The lowest BCUT2D eigenvalue weighted by atomic mass is 10.0. The normalized spacial score (nSPS) is 31.1. The lowest BCUT2D eigenvalue weighted by Crippen LogP contribution is -2.47. The molecule has 62 valence electrons. The monoisotopic (exact) mass is 157 g/mol. The van der Waals surface area contributed by atoms with Gasteiger partial charge in [0.2, 0.25) is 5.91 Å². The number of carboxylic acids is 1. The predicted octanol–water partition coefficient (Wildman–Crippen LogP) is 0.0819. The Bertz CT molecular complexity index is 214. The summed E-state index contributed by atoms with van der Waals surface area (Å²) >= 11 is 0. The molecule has 1 aliphatic rings. The number of carbonyl (C=O) groups excluding carboxylic acids is 1. The number of rotatable bonds is 1. The minimum absolute atomic E-state index is 0.0881. The van der Waals surface area contributed by atoms with Crippen molar-refractivity contribution < 1.29 is 14.7 Å². The summed E-state index contributed by atoms with van der Waals surface area (Å²) in [5, 5.41) is 8.77. The number of hydrogen-bond donors (Lipinski definition) is 1. The summed E-state index contributed by atoms with van der Waals surface area (Å²) in [6.45, 7) is 1.57. The summed E-state index contributed by atoms with van der Waals surface area (Å²) < 4.78 is 0. The standard InChI is InChI=1S/C7H11NO3/c1-7(6(10)11)4-3-5(9)8(7)2/h3-4H2,1-2H3,(H,10,11)/t7-/m1/s1. The molecule has 1 aliphatic heterocycles. The third-order valence-electron chi connectivity index (χ3n) is 2.40. The Hall–Kier alpha value is -1.06. The molecule has 0 unspecified atom stereocenters. The third-order valence-corrected chi connectivity index (χ3v) is 2.40. The highest BCUT2D eigenvalue weighted by Gasteiger charge is 2.45. The minimum Gasteiger partial charge on any atom is -0.480 e. The smallest absolute Gasteiger partial charge is 0.329 e. The Morgan fingerprint density at radius 1 is 1.73 bits per heavy atom. The van der Waals surface area contributed by atoms with Gasteiger partial charge in [-0.3, -0.25) is 4.79 Å². The SMILES string of the molecule is CN1C(=O)CC[C@]1(C)C(=O)O. The van der Waals surface area contributed by atoms with E-state index in [1.165, 1.54) is 11.9 Å². The van der Waals surface area contributed by atoms with Crippen LogP contribution in [0.15, 0.2) is 0 Å². The third kappa shape index (κ3) is 0.982. The van der Waals surface area contributed by atoms with Gasteiger partial charge in [0.15, 0.2) is 0 Å². The van der Waals surface area contributed by atoms with Crippen molar-refractivity contribution >= 4 is 11.9 Å². The zero-order valence-electron chi connectivity index (χ0n) is 6.63. The van der Waals surface area contributed by atoms with Crippen molar-refractivity contribution in [1.29, 1.82) is 0 Å². The van der Waals surface area contributed by atoms with Gasteiger partial charge in [-0.2, -0.15) is 0 Å². The van der Waals surface area contributed by atoms with Gasteiger partial charge >= 0.3 is 5.97 Å². The summed E-state index contributed by atoms with van der Waals surface area (Å²) in [6.07, 6.45) is 0.761. The highest BCUT2D eigenvalue weighted by atomic mass is 16.4. The van der Waals surface area contributed by atoms with E-state index in [2.05, 4.69) is 0 Å². The van der Waals surface area contributed by atoms with Crippen molar-refractivity contribution in [3.05, 3.63) is 0 Å². The van der Waals surface area contributed by atoms with Gasteiger partial charge in [-0.05, 0) is 13.3 Å². The quantitative estimate of drug-likeness (QED) is 0.586. The molecule has 0 aromatic heterocycles. The molecule has 0 aromatic rings. The van der Waals surface area contributed by atoms with Gasteiger partial charge in [-0.1, -0.05) is 0 Å². The maximum absolute atomic E-state index is 11.0. The highest BCUT2D eigenvalue weighted by Crippen LogP contribution is 2.28. The van der Waals surface area contributed by atoms with Gasteiger partial charge in [0.25, 0.3) is 0 Å². The largest absolute Gasteiger partial charge is 0.480 e. The van der Waals surface area contributed by atoms with Crippen LogP contribution in [0.5, 0.6) is 0 Å². The molecule has 4 nitrogen and oxygen atoms in total. The van der Waals surface area contributed by atoms with Crippen LogP contribution in [-0.4, -0.2) is 34.5 Å². The molecule has 1 saturated heterocycles.